The van der Waals surface area contributed by atoms with Crippen molar-refractivity contribution in [3.8, 4) is 11.5 Å². The van der Waals surface area contributed by atoms with Crippen LogP contribution in [-0.4, -0.2) is 40.5 Å². The van der Waals surface area contributed by atoms with Crippen LogP contribution < -0.4 is 14.8 Å². The third-order valence-corrected chi connectivity index (χ3v) is 2.87. The van der Waals surface area contributed by atoms with Crippen molar-refractivity contribution in [3.63, 3.8) is 0 Å². The number of benzene rings is 1. The standard InChI is InChI=1S/C15H25NO3/c1-4-13-6-7-14(15(12-13)18-3)19-11-9-16-8-5-10-17-2/h6-7,12,16H,4-5,8-11H2,1-3H3. The molecule has 19 heavy (non-hydrogen) atoms. The number of hydrogen-bond donors (Lipinski definition) is 1. The van der Waals surface area contributed by atoms with E-state index in [1.54, 1.807) is 14.2 Å². The summed E-state index contributed by atoms with van der Waals surface area (Å²) < 4.78 is 16.0. The van der Waals surface area contributed by atoms with Crippen LogP contribution in [0.1, 0.15) is 18.9 Å². The summed E-state index contributed by atoms with van der Waals surface area (Å²) >= 11 is 0. The zero-order valence-electron chi connectivity index (χ0n) is 12.2. The fourth-order valence-electron chi connectivity index (χ4n) is 1.75. The number of methoxy groups -OCH3 is 2. The Hall–Kier alpha value is -1.26. The van der Waals surface area contributed by atoms with Crippen LogP contribution in [0.25, 0.3) is 0 Å². The maximum absolute atomic E-state index is 5.72. The minimum atomic E-state index is 0.634. The van der Waals surface area contributed by atoms with E-state index in [-0.39, 0.29) is 0 Å². The van der Waals surface area contributed by atoms with E-state index in [1.165, 1.54) is 5.56 Å². The summed E-state index contributed by atoms with van der Waals surface area (Å²) in [6.45, 7) is 5.32. The smallest absolute Gasteiger partial charge is 0.161 e. The van der Waals surface area contributed by atoms with Crippen molar-refractivity contribution < 1.29 is 14.2 Å². The first kappa shape index (κ1) is 15.8. The van der Waals surface area contributed by atoms with Crippen molar-refractivity contribution in [2.24, 2.45) is 0 Å². The molecule has 1 aromatic carbocycles. The molecule has 0 saturated carbocycles. The molecule has 0 bridgehead atoms. The van der Waals surface area contributed by atoms with Crippen LogP contribution in [0.4, 0.5) is 0 Å². The summed E-state index contributed by atoms with van der Waals surface area (Å²) in [4.78, 5) is 0. The molecule has 4 heteroatoms. The lowest BCUT2D eigenvalue weighted by atomic mass is 10.1. The van der Waals surface area contributed by atoms with E-state index in [0.717, 1.165) is 44.0 Å². The monoisotopic (exact) mass is 267 g/mol. The van der Waals surface area contributed by atoms with Crippen LogP contribution in [0.15, 0.2) is 18.2 Å². The topological polar surface area (TPSA) is 39.7 Å². The average Bonchev–Trinajstić information content (AvgIpc) is 2.46. The lowest BCUT2D eigenvalue weighted by Crippen LogP contribution is -2.23. The van der Waals surface area contributed by atoms with Gasteiger partial charge in [0.1, 0.15) is 6.61 Å². The van der Waals surface area contributed by atoms with Crippen molar-refractivity contribution in [2.45, 2.75) is 19.8 Å². The van der Waals surface area contributed by atoms with Crippen LogP contribution in [0, 0.1) is 0 Å². The van der Waals surface area contributed by atoms with E-state index in [1.807, 2.05) is 12.1 Å². The molecule has 0 radical (unpaired) electrons. The summed E-state index contributed by atoms with van der Waals surface area (Å²) in [5.74, 6) is 1.61. The van der Waals surface area contributed by atoms with Crippen molar-refractivity contribution in [2.75, 3.05) is 40.5 Å². The highest BCUT2D eigenvalue weighted by atomic mass is 16.5. The Balaban J connectivity index is 2.28. The highest BCUT2D eigenvalue weighted by Crippen LogP contribution is 2.28. The van der Waals surface area contributed by atoms with Gasteiger partial charge in [-0.3, -0.25) is 0 Å². The zero-order valence-corrected chi connectivity index (χ0v) is 12.2. The van der Waals surface area contributed by atoms with E-state index in [9.17, 15) is 0 Å². The predicted molar refractivity (Wildman–Crippen MR) is 77.2 cm³/mol. The molecular weight excluding hydrogens is 242 g/mol. The fourth-order valence-corrected chi connectivity index (χ4v) is 1.75. The highest BCUT2D eigenvalue weighted by molar-refractivity contribution is 5.42. The third-order valence-electron chi connectivity index (χ3n) is 2.87. The molecule has 0 aliphatic heterocycles. The Kier molecular flexibility index (Phi) is 8.02. The number of hydrogen-bond acceptors (Lipinski definition) is 4. The first-order valence-corrected chi connectivity index (χ1v) is 6.81. The number of aryl methyl sites for hydroxylation is 1. The molecule has 0 amide bonds. The molecule has 1 rings (SSSR count). The van der Waals surface area contributed by atoms with Gasteiger partial charge in [0.15, 0.2) is 11.5 Å². The summed E-state index contributed by atoms with van der Waals surface area (Å²) in [6.07, 6.45) is 2.02. The Bertz CT molecular complexity index is 355. The normalized spacial score (nSPS) is 10.5. The minimum Gasteiger partial charge on any atom is -0.493 e. The van der Waals surface area contributed by atoms with Gasteiger partial charge in [-0.1, -0.05) is 13.0 Å². The van der Waals surface area contributed by atoms with E-state index in [2.05, 4.69) is 18.3 Å². The van der Waals surface area contributed by atoms with Crippen molar-refractivity contribution in [1.29, 1.82) is 0 Å². The van der Waals surface area contributed by atoms with Crippen LogP contribution in [0.5, 0.6) is 11.5 Å². The highest BCUT2D eigenvalue weighted by Gasteiger charge is 2.04. The molecular formula is C15H25NO3. The van der Waals surface area contributed by atoms with Gasteiger partial charge in [0.25, 0.3) is 0 Å². The molecule has 108 valence electrons. The molecule has 0 spiro atoms. The molecule has 0 saturated heterocycles. The van der Waals surface area contributed by atoms with Crippen molar-refractivity contribution in [3.05, 3.63) is 23.8 Å². The molecule has 0 aliphatic carbocycles. The van der Waals surface area contributed by atoms with Gasteiger partial charge in [-0.05, 0) is 37.1 Å². The van der Waals surface area contributed by atoms with Gasteiger partial charge < -0.3 is 19.5 Å². The Morgan fingerprint density at radius 2 is 1.89 bits per heavy atom. The van der Waals surface area contributed by atoms with Gasteiger partial charge in [-0.15, -0.1) is 0 Å². The summed E-state index contributed by atoms with van der Waals surface area (Å²) in [5, 5.41) is 3.30. The molecule has 0 fully saturated rings. The van der Waals surface area contributed by atoms with Crippen LogP contribution >= 0.6 is 0 Å². The van der Waals surface area contributed by atoms with E-state index in [4.69, 9.17) is 14.2 Å². The van der Waals surface area contributed by atoms with Crippen molar-refractivity contribution >= 4 is 0 Å². The van der Waals surface area contributed by atoms with Gasteiger partial charge in [-0.25, -0.2) is 0 Å². The predicted octanol–water partition coefficient (Wildman–Crippen LogP) is 2.26. The van der Waals surface area contributed by atoms with E-state index >= 15 is 0 Å². The number of rotatable bonds is 10. The SMILES string of the molecule is CCc1ccc(OCCNCCCOC)c(OC)c1. The molecule has 0 heterocycles. The Morgan fingerprint density at radius 1 is 1.05 bits per heavy atom. The van der Waals surface area contributed by atoms with Gasteiger partial charge >= 0.3 is 0 Å². The Labute approximate surface area is 116 Å². The van der Waals surface area contributed by atoms with Crippen molar-refractivity contribution in [1.82, 2.24) is 5.32 Å². The molecule has 4 nitrogen and oxygen atoms in total. The summed E-state index contributed by atoms with van der Waals surface area (Å²) in [6, 6.07) is 6.08. The zero-order chi connectivity index (χ0) is 13.9. The minimum absolute atomic E-state index is 0.634. The summed E-state index contributed by atoms with van der Waals surface area (Å²) in [5.41, 5.74) is 1.25. The maximum Gasteiger partial charge on any atom is 0.161 e. The summed E-state index contributed by atoms with van der Waals surface area (Å²) in [7, 11) is 3.39. The van der Waals surface area contributed by atoms with E-state index < -0.39 is 0 Å². The molecule has 0 aromatic heterocycles. The lowest BCUT2D eigenvalue weighted by Gasteiger charge is -2.12. The average molecular weight is 267 g/mol. The Morgan fingerprint density at radius 3 is 2.58 bits per heavy atom. The second-order valence-electron chi connectivity index (χ2n) is 4.28. The largest absolute Gasteiger partial charge is 0.493 e. The fraction of sp³-hybridized carbons (Fsp3) is 0.600. The number of ether oxygens (including phenoxy) is 3. The van der Waals surface area contributed by atoms with Gasteiger partial charge in [0.05, 0.1) is 7.11 Å². The first-order valence-electron chi connectivity index (χ1n) is 6.81. The molecule has 1 aromatic rings. The molecule has 0 aliphatic rings. The lowest BCUT2D eigenvalue weighted by molar-refractivity contribution is 0.193. The maximum atomic E-state index is 5.72. The van der Waals surface area contributed by atoms with Gasteiger partial charge in [0, 0.05) is 20.3 Å². The quantitative estimate of drug-likeness (QED) is 0.660. The van der Waals surface area contributed by atoms with Gasteiger partial charge in [0.2, 0.25) is 0 Å². The molecule has 1 N–H and O–H groups in total. The molecule has 0 atom stereocenters. The second kappa shape index (κ2) is 9.64. The molecule has 0 unspecified atom stereocenters. The van der Waals surface area contributed by atoms with Gasteiger partial charge in [-0.2, -0.15) is 0 Å². The van der Waals surface area contributed by atoms with Crippen LogP contribution in [0.3, 0.4) is 0 Å². The third kappa shape index (κ3) is 5.94. The number of nitrogens with one attached hydrogen (secondary N) is 1. The van der Waals surface area contributed by atoms with Crippen LogP contribution in [0.2, 0.25) is 0 Å². The van der Waals surface area contributed by atoms with Crippen LogP contribution in [-0.2, 0) is 11.2 Å². The van der Waals surface area contributed by atoms with E-state index in [0.29, 0.717) is 6.61 Å². The second-order valence-corrected chi connectivity index (χ2v) is 4.28. The first-order chi connectivity index (χ1) is 9.31.